The quantitative estimate of drug-likeness (QED) is 0.764. The zero-order valence-electron chi connectivity index (χ0n) is 16.0. The van der Waals surface area contributed by atoms with Gasteiger partial charge in [0.25, 0.3) is 5.91 Å². The Bertz CT molecular complexity index is 677. The van der Waals surface area contributed by atoms with Crippen molar-refractivity contribution in [3.05, 3.63) is 16.0 Å². The second-order valence-electron chi connectivity index (χ2n) is 6.72. The first-order valence-electron chi connectivity index (χ1n) is 9.19. The van der Waals surface area contributed by atoms with Crippen LogP contribution < -0.4 is 5.32 Å². The number of hydrogen-bond donors (Lipinski definition) is 1. The molecule has 0 bridgehead atoms. The van der Waals surface area contributed by atoms with Gasteiger partial charge in [-0.1, -0.05) is 19.3 Å². The van der Waals surface area contributed by atoms with Gasteiger partial charge in [0.1, 0.15) is 5.00 Å². The van der Waals surface area contributed by atoms with E-state index in [1.807, 2.05) is 25.7 Å². The number of aryl methyl sites for hydroxylation is 1. The van der Waals surface area contributed by atoms with Crippen molar-refractivity contribution >= 4 is 34.1 Å². The van der Waals surface area contributed by atoms with Crippen LogP contribution in [0.1, 0.15) is 66.8 Å². The fourth-order valence-electron chi connectivity index (χ4n) is 3.43. The number of ether oxygens (including phenoxy) is 1. The van der Waals surface area contributed by atoms with E-state index in [1.165, 1.54) is 24.7 Å². The van der Waals surface area contributed by atoms with Gasteiger partial charge in [-0.3, -0.25) is 9.59 Å². The maximum atomic E-state index is 12.5. The molecule has 1 fully saturated rings. The average Bonchev–Trinajstić information content (AvgIpc) is 2.87. The molecule has 0 unspecified atom stereocenters. The molecule has 1 heterocycles. The molecule has 0 saturated heterocycles. The lowest BCUT2D eigenvalue weighted by molar-refractivity contribution is -0.137. The van der Waals surface area contributed by atoms with Crippen molar-refractivity contribution in [2.45, 2.75) is 65.8 Å². The van der Waals surface area contributed by atoms with Gasteiger partial charge in [-0.05, 0) is 39.2 Å². The molecule has 6 nitrogen and oxygen atoms in total. The molecular weight excluding hydrogens is 352 g/mol. The molecule has 0 spiro atoms. The molecule has 0 radical (unpaired) electrons. The standard InChI is InChI=1S/C19H28N2O4S/c1-5-21(15-9-7-6-8-10-15)16(23)11-25-19(24)17-12(2)13(3)26-18(17)20-14(4)22/h15H,5-11H2,1-4H3,(H,20,22). The van der Waals surface area contributed by atoms with E-state index >= 15 is 0 Å². The molecule has 2 rings (SSSR count). The molecule has 1 aliphatic rings. The van der Waals surface area contributed by atoms with Crippen LogP contribution in [-0.4, -0.2) is 41.9 Å². The van der Waals surface area contributed by atoms with E-state index in [1.54, 1.807) is 0 Å². The van der Waals surface area contributed by atoms with Crippen molar-refractivity contribution in [1.82, 2.24) is 4.90 Å². The van der Waals surface area contributed by atoms with Crippen LogP contribution in [0.3, 0.4) is 0 Å². The van der Waals surface area contributed by atoms with Crippen LogP contribution in [0.5, 0.6) is 0 Å². The minimum Gasteiger partial charge on any atom is -0.452 e. The summed E-state index contributed by atoms with van der Waals surface area (Å²) in [5.41, 5.74) is 1.12. The Morgan fingerprint density at radius 1 is 1.19 bits per heavy atom. The number of carbonyl (C=O) groups excluding carboxylic acids is 3. The van der Waals surface area contributed by atoms with Crippen LogP contribution in [0.2, 0.25) is 0 Å². The van der Waals surface area contributed by atoms with Gasteiger partial charge in [0.05, 0.1) is 5.56 Å². The summed E-state index contributed by atoms with van der Waals surface area (Å²) < 4.78 is 5.31. The van der Waals surface area contributed by atoms with Crippen LogP contribution in [-0.2, 0) is 14.3 Å². The van der Waals surface area contributed by atoms with Gasteiger partial charge in [-0.25, -0.2) is 4.79 Å². The van der Waals surface area contributed by atoms with Crippen molar-refractivity contribution < 1.29 is 19.1 Å². The number of hydrogen-bond acceptors (Lipinski definition) is 5. The summed E-state index contributed by atoms with van der Waals surface area (Å²) in [7, 11) is 0. The number of esters is 1. The molecule has 0 atom stereocenters. The van der Waals surface area contributed by atoms with Gasteiger partial charge in [0.2, 0.25) is 5.91 Å². The van der Waals surface area contributed by atoms with Crippen molar-refractivity contribution in [3.8, 4) is 0 Å². The van der Waals surface area contributed by atoms with Crippen molar-refractivity contribution in [2.24, 2.45) is 0 Å². The van der Waals surface area contributed by atoms with Gasteiger partial charge in [0, 0.05) is 24.4 Å². The van der Waals surface area contributed by atoms with Crippen LogP contribution in [0.25, 0.3) is 0 Å². The van der Waals surface area contributed by atoms with E-state index in [4.69, 9.17) is 4.74 Å². The second kappa shape index (κ2) is 9.16. The van der Waals surface area contributed by atoms with Crippen molar-refractivity contribution in [3.63, 3.8) is 0 Å². The number of anilines is 1. The summed E-state index contributed by atoms with van der Waals surface area (Å²) in [4.78, 5) is 39.2. The number of nitrogens with one attached hydrogen (secondary N) is 1. The Morgan fingerprint density at radius 2 is 1.85 bits per heavy atom. The summed E-state index contributed by atoms with van der Waals surface area (Å²) in [5.74, 6) is -0.965. The van der Waals surface area contributed by atoms with E-state index in [2.05, 4.69) is 5.32 Å². The Kier molecular flexibility index (Phi) is 7.20. The van der Waals surface area contributed by atoms with E-state index in [0.717, 1.165) is 36.1 Å². The minimum atomic E-state index is -0.566. The third-order valence-electron chi connectivity index (χ3n) is 4.88. The Balaban J connectivity index is 2.03. The first kappa shape index (κ1) is 20.4. The molecule has 2 amide bonds. The summed E-state index contributed by atoms with van der Waals surface area (Å²) in [6.45, 7) is 7.40. The van der Waals surface area contributed by atoms with Crippen LogP contribution in [0.15, 0.2) is 0 Å². The number of carbonyl (C=O) groups is 3. The Labute approximate surface area is 158 Å². The second-order valence-corrected chi connectivity index (χ2v) is 7.94. The number of rotatable bonds is 6. The smallest absolute Gasteiger partial charge is 0.341 e. The lowest BCUT2D eigenvalue weighted by atomic mass is 9.94. The van der Waals surface area contributed by atoms with Crippen molar-refractivity contribution in [1.29, 1.82) is 0 Å². The summed E-state index contributed by atoms with van der Waals surface area (Å²) >= 11 is 1.34. The topological polar surface area (TPSA) is 75.7 Å². The molecule has 26 heavy (non-hydrogen) atoms. The normalized spacial score (nSPS) is 14.8. The minimum absolute atomic E-state index is 0.154. The zero-order valence-corrected chi connectivity index (χ0v) is 16.8. The average molecular weight is 381 g/mol. The number of nitrogens with zero attached hydrogens (tertiary/aromatic N) is 1. The van der Waals surface area contributed by atoms with Gasteiger partial charge in [0.15, 0.2) is 6.61 Å². The zero-order chi connectivity index (χ0) is 19.3. The summed E-state index contributed by atoms with van der Waals surface area (Å²) in [6.07, 6.45) is 5.54. The number of likely N-dealkylation sites (N-methyl/N-ethyl adjacent to an activating group) is 1. The largest absolute Gasteiger partial charge is 0.452 e. The molecule has 0 aromatic carbocycles. The summed E-state index contributed by atoms with van der Waals surface area (Å²) in [5, 5.41) is 3.15. The van der Waals surface area contributed by atoms with Gasteiger partial charge in [-0.15, -0.1) is 11.3 Å². The van der Waals surface area contributed by atoms with Crippen LogP contribution in [0, 0.1) is 13.8 Å². The van der Waals surface area contributed by atoms with Crippen LogP contribution in [0.4, 0.5) is 5.00 Å². The monoisotopic (exact) mass is 380 g/mol. The maximum absolute atomic E-state index is 12.5. The molecule has 0 aliphatic heterocycles. The number of thiophene rings is 1. The fourth-order valence-corrected chi connectivity index (χ4v) is 4.53. The first-order valence-corrected chi connectivity index (χ1v) is 10.0. The first-order chi connectivity index (χ1) is 12.3. The van der Waals surface area contributed by atoms with E-state index in [0.29, 0.717) is 17.1 Å². The SMILES string of the molecule is CCN(C(=O)COC(=O)c1c(NC(C)=O)sc(C)c1C)C1CCCCC1. The van der Waals surface area contributed by atoms with Crippen LogP contribution >= 0.6 is 11.3 Å². The molecule has 1 aliphatic carbocycles. The van der Waals surface area contributed by atoms with E-state index < -0.39 is 5.97 Å². The summed E-state index contributed by atoms with van der Waals surface area (Å²) in [6, 6.07) is 0.250. The highest BCUT2D eigenvalue weighted by Gasteiger charge is 2.26. The van der Waals surface area contributed by atoms with Gasteiger partial charge < -0.3 is 15.0 Å². The Morgan fingerprint density at radius 3 is 2.42 bits per heavy atom. The molecule has 1 saturated carbocycles. The third kappa shape index (κ3) is 4.84. The van der Waals surface area contributed by atoms with E-state index in [-0.39, 0.29) is 24.5 Å². The highest BCUT2D eigenvalue weighted by molar-refractivity contribution is 7.16. The van der Waals surface area contributed by atoms with Gasteiger partial charge >= 0.3 is 5.97 Å². The molecule has 144 valence electrons. The molecule has 1 aromatic heterocycles. The predicted octanol–water partition coefficient (Wildman–Crippen LogP) is 3.66. The van der Waals surface area contributed by atoms with Gasteiger partial charge in [-0.2, -0.15) is 0 Å². The molecule has 1 N–H and O–H groups in total. The van der Waals surface area contributed by atoms with Crippen molar-refractivity contribution in [2.75, 3.05) is 18.5 Å². The number of amides is 2. The predicted molar refractivity (Wildman–Crippen MR) is 103 cm³/mol. The lowest BCUT2D eigenvalue weighted by Gasteiger charge is -2.33. The molecule has 7 heteroatoms. The van der Waals surface area contributed by atoms with E-state index in [9.17, 15) is 14.4 Å². The highest BCUT2D eigenvalue weighted by atomic mass is 32.1. The fraction of sp³-hybridized carbons (Fsp3) is 0.632. The maximum Gasteiger partial charge on any atom is 0.341 e. The lowest BCUT2D eigenvalue weighted by Crippen LogP contribution is -2.43. The molecular formula is C19H28N2O4S. The third-order valence-corrected chi connectivity index (χ3v) is 6.00. The molecule has 1 aromatic rings. The Hall–Kier alpha value is -1.89. The highest BCUT2D eigenvalue weighted by Crippen LogP contribution is 2.33.